The molecule has 206 valence electrons. The van der Waals surface area contributed by atoms with Gasteiger partial charge in [-0.15, -0.1) is 0 Å². The summed E-state index contributed by atoms with van der Waals surface area (Å²) in [7, 11) is 0. The highest BCUT2D eigenvalue weighted by atomic mass is 15.0. The SMILES string of the molecule is CC1/C=C\C=C/Cc2ccccc2-c2cc(-c3ccccc3-c3ncnc(-c4cccc(-c5ccccc5)c4)n3)ccc21. The van der Waals surface area contributed by atoms with Crippen LogP contribution in [-0.4, -0.2) is 15.0 Å². The van der Waals surface area contributed by atoms with E-state index in [4.69, 9.17) is 4.98 Å². The van der Waals surface area contributed by atoms with Crippen LogP contribution in [0.25, 0.3) is 56.2 Å². The van der Waals surface area contributed by atoms with E-state index in [2.05, 4.69) is 150 Å². The lowest BCUT2D eigenvalue weighted by Gasteiger charge is -2.19. The fraction of sp³-hybridized carbons (Fsp3) is 0.0750. The number of aromatic nitrogens is 3. The highest BCUT2D eigenvalue weighted by Gasteiger charge is 2.17. The molecule has 0 radical (unpaired) electrons. The maximum atomic E-state index is 4.98. The average Bonchev–Trinajstić information content (AvgIpc) is 3.08. The van der Waals surface area contributed by atoms with Gasteiger partial charge in [0, 0.05) is 11.1 Å². The van der Waals surface area contributed by atoms with Crippen molar-refractivity contribution in [2.75, 3.05) is 0 Å². The van der Waals surface area contributed by atoms with Crippen LogP contribution in [0.15, 0.2) is 152 Å². The molecule has 0 saturated carbocycles. The Morgan fingerprint density at radius 1 is 0.535 bits per heavy atom. The Kier molecular flexibility index (Phi) is 7.29. The standard InChI is InChI=1S/C40H31N3/c1-28-13-4-2-7-16-30-17-8-9-20-35(30)38-26-32(23-24-34(28)38)36-21-10-11-22-37(36)40-42-27-41-39(43-40)33-19-12-18-31(25-33)29-14-5-3-6-15-29/h2-15,17-28H,16H2,1H3/b7-2-,13-4-. The predicted octanol–water partition coefficient (Wildman–Crippen LogP) is 9.98. The van der Waals surface area contributed by atoms with E-state index in [1.165, 1.54) is 22.3 Å². The van der Waals surface area contributed by atoms with E-state index in [0.717, 1.165) is 39.8 Å². The molecule has 0 spiro atoms. The molecule has 43 heavy (non-hydrogen) atoms. The minimum absolute atomic E-state index is 0.285. The van der Waals surface area contributed by atoms with Crippen molar-refractivity contribution in [1.82, 2.24) is 15.0 Å². The van der Waals surface area contributed by atoms with Crippen molar-refractivity contribution in [3.63, 3.8) is 0 Å². The van der Waals surface area contributed by atoms with Crippen molar-refractivity contribution in [2.24, 2.45) is 0 Å². The van der Waals surface area contributed by atoms with Crippen LogP contribution in [0.1, 0.15) is 24.0 Å². The van der Waals surface area contributed by atoms with Gasteiger partial charge in [0.25, 0.3) is 0 Å². The van der Waals surface area contributed by atoms with Gasteiger partial charge in [0.15, 0.2) is 11.6 Å². The summed E-state index contributed by atoms with van der Waals surface area (Å²) < 4.78 is 0. The van der Waals surface area contributed by atoms with Crippen LogP contribution in [0.2, 0.25) is 0 Å². The first-order valence-electron chi connectivity index (χ1n) is 14.7. The molecule has 3 heteroatoms. The number of allylic oxidation sites excluding steroid dienone is 4. The molecule has 3 nitrogen and oxygen atoms in total. The lowest BCUT2D eigenvalue weighted by molar-refractivity contribution is 0.968. The van der Waals surface area contributed by atoms with E-state index in [1.807, 2.05) is 12.1 Å². The van der Waals surface area contributed by atoms with Crippen LogP contribution >= 0.6 is 0 Å². The molecule has 1 heterocycles. The lowest BCUT2D eigenvalue weighted by atomic mass is 9.85. The lowest BCUT2D eigenvalue weighted by Crippen LogP contribution is -1.99. The smallest absolute Gasteiger partial charge is 0.163 e. The normalized spacial score (nSPS) is 15.6. The maximum absolute atomic E-state index is 4.98. The molecule has 5 aromatic carbocycles. The molecule has 1 aromatic heterocycles. The highest BCUT2D eigenvalue weighted by molar-refractivity contribution is 5.85. The van der Waals surface area contributed by atoms with E-state index in [9.17, 15) is 0 Å². The second-order valence-corrected chi connectivity index (χ2v) is 10.9. The average molecular weight is 554 g/mol. The van der Waals surface area contributed by atoms with Gasteiger partial charge in [-0.3, -0.25) is 0 Å². The third-order valence-electron chi connectivity index (χ3n) is 8.11. The van der Waals surface area contributed by atoms with E-state index < -0.39 is 0 Å². The molecule has 7 rings (SSSR count). The van der Waals surface area contributed by atoms with Gasteiger partial charge in [-0.25, -0.2) is 15.0 Å². The fourth-order valence-corrected chi connectivity index (χ4v) is 5.89. The Morgan fingerprint density at radius 3 is 2.14 bits per heavy atom. The zero-order valence-electron chi connectivity index (χ0n) is 24.1. The van der Waals surface area contributed by atoms with Crippen LogP contribution in [0.3, 0.4) is 0 Å². The van der Waals surface area contributed by atoms with Crippen molar-refractivity contribution >= 4 is 0 Å². The second-order valence-electron chi connectivity index (χ2n) is 10.9. The monoisotopic (exact) mass is 553 g/mol. The Morgan fingerprint density at radius 2 is 1.26 bits per heavy atom. The molecule has 6 aromatic rings. The van der Waals surface area contributed by atoms with E-state index in [0.29, 0.717) is 11.6 Å². The summed E-state index contributed by atoms with van der Waals surface area (Å²) in [6.07, 6.45) is 11.3. The van der Waals surface area contributed by atoms with Gasteiger partial charge in [-0.2, -0.15) is 0 Å². The van der Waals surface area contributed by atoms with Gasteiger partial charge >= 0.3 is 0 Å². The number of benzene rings is 5. The van der Waals surface area contributed by atoms with Gasteiger partial charge in [0.2, 0.25) is 0 Å². The Balaban J connectivity index is 1.32. The molecule has 1 atom stereocenters. The molecule has 1 aliphatic carbocycles. The first kappa shape index (κ1) is 26.5. The van der Waals surface area contributed by atoms with Crippen molar-refractivity contribution in [3.05, 3.63) is 163 Å². The molecular weight excluding hydrogens is 522 g/mol. The van der Waals surface area contributed by atoms with Gasteiger partial charge in [-0.1, -0.05) is 140 Å². The number of rotatable bonds is 4. The Bertz CT molecular complexity index is 1970. The summed E-state index contributed by atoms with van der Waals surface area (Å²) in [6.45, 7) is 2.26. The van der Waals surface area contributed by atoms with Gasteiger partial charge in [-0.05, 0) is 69.0 Å². The van der Waals surface area contributed by atoms with Crippen LogP contribution in [0.5, 0.6) is 0 Å². The largest absolute Gasteiger partial charge is 0.217 e. The minimum Gasteiger partial charge on any atom is -0.217 e. The predicted molar refractivity (Wildman–Crippen MR) is 177 cm³/mol. The van der Waals surface area contributed by atoms with Crippen LogP contribution < -0.4 is 0 Å². The summed E-state index contributed by atoms with van der Waals surface area (Å²) in [5, 5.41) is 0. The van der Waals surface area contributed by atoms with Crippen molar-refractivity contribution in [1.29, 1.82) is 0 Å². The van der Waals surface area contributed by atoms with Crippen molar-refractivity contribution < 1.29 is 0 Å². The zero-order chi connectivity index (χ0) is 29.0. The first-order valence-corrected chi connectivity index (χ1v) is 14.7. The topological polar surface area (TPSA) is 38.7 Å². The van der Waals surface area contributed by atoms with Crippen LogP contribution in [0, 0.1) is 0 Å². The first-order chi connectivity index (χ1) is 21.2. The third-order valence-corrected chi connectivity index (χ3v) is 8.11. The van der Waals surface area contributed by atoms with Crippen LogP contribution in [-0.2, 0) is 6.42 Å². The molecule has 0 N–H and O–H groups in total. The Hall–Kier alpha value is -5.41. The summed E-state index contributed by atoms with van der Waals surface area (Å²) in [6, 6.07) is 42.8. The molecule has 0 amide bonds. The highest BCUT2D eigenvalue weighted by Crippen LogP contribution is 2.39. The number of hydrogen-bond acceptors (Lipinski definition) is 3. The quantitative estimate of drug-likeness (QED) is 0.218. The molecule has 0 bridgehead atoms. The van der Waals surface area contributed by atoms with Gasteiger partial charge in [0.05, 0.1) is 0 Å². The van der Waals surface area contributed by atoms with E-state index in [1.54, 1.807) is 6.33 Å². The molecule has 1 unspecified atom stereocenters. The number of fused-ring (bicyclic) bond motifs is 3. The Labute approximate surface area is 253 Å². The summed E-state index contributed by atoms with van der Waals surface area (Å²) in [4.78, 5) is 14.2. The summed E-state index contributed by atoms with van der Waals surface area (Å²) in [5.74, 6) is 1.60. The maximum Gasteiger partial charge on any atom is 0.163 e. The molecule has 0 saturated heterocycles. The minimum atomic E-state index is 0.285. The zero-order valence-corrected chi connectivity index (χ0v) is 24.1. The molecule has 1 aliphatic rings. The number of hydrogen-bond donors (Lipinski definition) is 0. The van der Waals surface area contributed by atoms with Gasteiger partial charge < -0.3 is 0 Å². The van der Waals surface area contributed by atoms with Gasteiger partial charge in [0.1, 0.15) is 6.33 Å². The molecular formula is C40H31N3. The van der Waals surface area contributed by atoms with Crippen LogP contribution in [0.4, 0.5) is 0 Å². The summed E-state index contributed by atoms with van der Waals surface area (Å²) >= 11 is 0. The van der Waals surface area contributed by atoms with Crippen molar-refractivity contribution in [3.8, 4) is 56.2 Å². The third kappa shape index (κ3) is 5.45. The fourth-order valence-electron chi connectivity index (χ4n) is 5.89. The van der Waals surface area contributed by atoms with E-state index in [-0.39, 0.29) is 5.92 Å². The second kappa shape index (κ2) is 11.8. The molecule has 0 aliphatic heterocycles. The molecule has 0 fully saturated rings. The number of nitrogens with zero attached hydrogens (tertiary/aromatic N) is 3. The summed E-state index contributed by atoms with van der Waals surface area (Å²) in [5.41, 5.74) is 11.7. The van der Waals surface area contributed by atoms with Crippen molar-refractivity contribution in [2.45, 2.75) is 19.3 Å². The van der Waals surface area contributed by atoms with E-state index >= 15 is 0 Å².